The van der Waals surface area contributed by atoms with E-state index in [4.69, 9.17) is 0 Å². The molecule has 0 bridgehead atoms. The summed E-state index contributed by atoms with van der Waals surface area (Å²) in [6, 6.07) is 0. The fraction of sp³-hybridized carbons (Fsp3) is 0.789. The molecule has 20 heavy (non-hydrogen) atoms. The summed E-state index contributed by atoms with van der Waals surface area (Å²) in [7, 11) is 0. The molecule has 0 spiro atoms. The fourth-order valence-electron chi connectivity index (χ4n) is 6.14. The van der Waals surface area contributed by atoms with E-state index in [1.54, 1.807) is 0 Å². The van der Waals surface area contributed by atoms with Crippen molar-refractivity contribution < 1.29 is 4.39 Å². The smallest absolute Gasteiger partial charge is 0.119 e. The Balaban J connectivity index is 1.71. The van der Waals surface area contributed by atoms with Crippen LogP contribution in [-0.4, -0.2) is 6.17 Å². The third kappa shape index (κ3) is 1.64. The van der Waals surface area contributed by atoms with Gasteiger partial charge in [-0.3, -0.25) is 0 Å². The molecule has 4 aliphatic carbocycles. The van der Waals surface area contributed by atoms with Crippen LogP contribution in [0.1, 0.15) is 52.4 Å². The summed E-state index contributed by atoms with van der Waals surface area (Å²) in [5.74, 6) is 2.80. The Morgan fingerprint density at radius 3 is 2.70 bits per heavy atom. The van der Waals surface area contributed by atoms with Gasteiger partial charge in [0.25, 0.3) is 0 Å². The lowest BCUT2D eigenvalue weighted by molar-refractivity contribution is -0.0140. The second-order valence-electron chi connectivity index (χ2n) is 8.34. The minimum absolute atomic E-state index is 0.214. The molecule has 0 aromatic carbocycles. The molecule has 0 aromatic rings. The average Bonchev–Trinajstić information content (AvgIpc) is 2.81. The quantitative estimate of drug-likeness (QED) is 0.525. The van der Waals surface area contributed by atoms with E-state index in [2.05, 4.69) is 32.1 Å². The van der Waals surface area contributed by atoms with Gasteiger partial charge in [0.05, 0.1) is 0 Å². The lowest BCUT2D eigenvalue weighted by atomic mass is 9.49. The van der Waals surface area contributed by atoms with Gasteiger partial charge >= 0.3 is 0 Å². The summed E-state index contributed by atoms with van der Waals surface area (Å²) in [5, 5.41) is 0. The summed E-state index contributed by atoms with van der Waals surface area (Å²) < 4.78 is 13.7. The van der Waals surface area contributed by atoms with Crippen LogP contribution in [0.2, 0.25) is 0 Å². The lowest BCUT2D eigenvalue weighted by Gasteiger charge is -2.56. The lowest BCUT2D eigenvalue weighted by Crippen LogP contribution is -2.49. The molecule has 0 nitrogen and oxygen atoms in total. The number of halogens is 1. The number of rotatable bonds is 0. The van der Waals surface area contributed by atoms with E-state index in [0.717, 1.165) is 17.8 Å². The molecule has 7 atom stereocenters. The zero-order valence-electron chi connectivity index (χ0n) is 12.8. The van der Waals surface area contributed by atoms with Crippen molar-refractivity contribution in [2.45, 2.75) is 58.5 Å². The first-order valence-corrected chi connectivity index (χ1v) is 8.55. The largest absolute Gasteiger partial charge is 0.243 e. The van der Waals surface area contributed by atoms with Crippen LogP contribution in [0.3, 0.4) is 0 Å². The van der Waals surface area contributed by atoms with Gasteiger partial charge in [0.1, 0.15) is 6.17 Å². The Labute approximate surface area is 122 Å². The van der Waals surface area contributed by atoms with E-state index in [9.17, 15) is 4.39 Å². The highest BCUT2D eigenvalue weighted by molar-refractivity contribution is 5.23. The molecule has 2 unspecified atom stereocenters. The number of hydrogen-bond acceptors (Lipinski definition) is 0. The number of hydrogen-bond donors (Lipinski definition) is 0. The minimum atomic E-state index is -0.727. The molecule has 4 rings (SSSR count). The summed E-state index contributed by atoms with van der Waals surface area (Å²) >= 11 is 0. The Hall–Kier alpha value is -0.590. The second-order valence-corrected chi connectivity index (χ2v) is 8.34. The highest BCUT2D eigenvalue weighted by atomic mass is 19.1. The van der Waals surface area contributed by atoms with Crippen LogP contribution in [0, 0.1) is 34.5 Å². The molecule has 110 valence electrons. The van der Waals surface area contributed by atoms with Crippen LogP contribution in [0.4, 0.5) is 4.39 Å². The molecule has 2 saturated carbocycles. The van der Waals surface area contributed by atoms with Crippen LogP contribution in [0.25, 0.3) is 0 Å². The zero-order valence-corrected chi connectivity index (χ0v) is 12.8. The summed E-state index contributed by atoms with van der Waals surface area (Å²) in [6.07, 6.45) is 15.9. The SMILES string of the molecule is C[C@@]12CCC[C@H]1[C@@H]1C=CC3CC(F)C=C[C@]3(C)[C@H]1CC2. The van der Waals surface area contributed by atoms with Gasteiger partial charge in [-0.05, 0) is 66.6 Å². The van der Waals surface area contributed by atoms with Crippen molar-refractivity contribution in [3.05, 3.63) is 24.3 Å². The Kier molecular flexibility index (Phi) is 2.76. The van der Waals surface area contributed by atoms with E-state index in [-0.39, 0.29) is 5.41 Å². The topological polar surface area (TPSA) is 0 Å². The van der Waals surface area contributed by atoms with Crippen LogP contribution in [0.5, 0.6) is 0 Å². The molecule has 0 aliphatic heterocycles. The first kappa shape index (κ1) is 13.1. The molecule has 0 heterocycles. The van der Waals surface area contributed by atoms with Gasteiger partial charge in [0, 0.05) is 0 Å². The molecule has 0 amide bonds. The summed E-state index contributed by atoms with van der Waals surface area (Å²) in [5.41, 5.74) is 0.807. The first-order valence-electron chi connectivity index (χ1n) is 8.55. The van der Waals surface area contributed by atoms with Gasteiger partial charge < -0.3 is 0 Å². The molecular formula is C19H27F. The van der Waals surface area contributed by atoms with Crippen molar-refractivity contribution in [1.29, 1.82) is 0 Å². The molecule has 0 radical (unpaired) electrons. The van der Waals surface area contributed by atoms with E-state index in [1.807, 2.05) is 6.08 Å². The maximum Gasteiger partial charge on any atom is 0.119 e. The Morgan fingerprint density at radius 2 is 1.85 bits per heavy atom. The third-order valence-corrected chi connectivity index (χ3v) is 7.42. The van der Waals surface area contributed by atoms with E-state index in [0.29, 0.717) is 17.8 Å². The van der Waals surface area contributed by atoms with Gasteiger partial charge in [-0.2, -0.15) is 0 Å². The molecule has 0 saturated heterocycles. The molecule has 4 aliphatic rings. The Morgan fingerprint density at radius 1 is 1.00 bits per heavy atom. The highest BCUT2D eigenvalue weighted by Crippen LogP contribution is 2.63. The van der Waals surface area contributed by atoms with Crippen molar-refractivity contribution in [2.24, 2.45) is 34.5 Å². The average molecular weight is 274 g/mol. The maximum absolute atomic E-state index is 13.7. The maximum atomic E-state index is 13.7. The standard InChI is InChI=1S/C19H27F/c1-18-9-3-4-16(18)15-6-5-13-12-14(20)7-11-19(13,2)17(15)8-10-18/h5-7,11,13-17H,3-4,8-10,12H2,1-2H3/t13?,14?,15-,16-,17-,18-,19-/m0/s1. The van der Waals surface area contributed by atoms with Crippen LogP contribution < -0.4 is 0 Å². The van der Waals surface area contributed by atoms with E-state index < -0.39 is 6.17 Å². The predicted octanol–water partition coefficient (Wildman–Crippen LogP) is 5.31. The number of alkyl halides is 1. The van der Waals surface area contributed by atoms with Gasteiger partial charge in [-0.1, -0.05) is 44.6 Å². The van der Waals surface area contributed by atoms with Crippen LogP contribution >= 0.6 is 0 Å². The number of fused-ring (bicyclic) bond motifs is 5. The molecule has 0 N–H and O–H groups in total. The predicted molar refractivity (Wildman–Crippen MR) is 81.1 cm³/mol. The molecule has 1 heteroatoms. The molecular weight excluding hydrogens is 247 g/mol. The van der Waals surface area contributed by atoms with Gasteiger partial charge in [-0.15, -0.1) is 0 Å². The van der Waals surface area contributed by atoms with Crippen molar-refractivity contribution in [2.75, 3.05) is 0 Å². The molecule has 2 fully saturated rings. The normalized spacial score (nSPS) is 57.0. The highest BCUT2D eigenvalue weighted by Gasteiger charge is 2.55. The summed E-state index contributed by atoms with van der Waals surface area (Å²) in [6.45, 7) is 4.93. The Bertz CT molecular complexity index is 464. The van der Waals surface area contributed by atoms with Crippen LogP contribution in [-0.2, 0) is 0 Å². The zero-order chi connectivity index (χ0) is 14.0. The minimum Gasteiger partial charge on any atom is -0.243 e. The fourth-order valence-corrected chi connectivity index (χ4v) is 6.14. The van der Waals surface area contributed by atoms with Crippen molar-refractivity contribution in [3.8, 4) is 0 Å². The van der Waals surface area contributed by atoms with Gasteiger partial charge in [0.15, 0.2) is 0 Å². The van der Waals surface area contributed by atoms with E-state index in [1.165, 1.54) is 32.1 Å². The number of allylic oxidation sites excluding steroid dienone is 4. The van der Waals surface area contributed by atoms with Crippen molar-refractivity contribution in [3.63, 3.8) is 0 Å². The summed E-state index contributed by atoms with van der Waals surface area (Å²) in [4.78, 5) is 0. The molecule has 0 aromatic heterocycles. The van der Waals surface area contributed by atoms with Crippen molar-refractivity contribution >= 4 is 0 Å². The van der Waals surface area contributed by atoms with Crippen molar-refractivity contribution in [1.82, 2.24) is 0 Å². The monoisotopic (exact) mass is 274 g/mol. The van der Waals surface area contributed by atoms with Gasteiger partial charge in [-0.25, -0.2) is 4.39 Å². The third-order valence-electron chi connectivity index (χ3n) is 7.42. The van der Waals surface area contributed by atoms with E-state index >= 15 is 0 Å². The second kappa shape index (κ2) is 4.21. The van der Waals surface area contributed by atoms with Crippen LogP contribution in [0.15, 0.2) is 24.3 Å². The first-order chi connectivity index (χ1) is 9.53. The van der Waals surface area contributed by atoms with Gasteiger partial charge in [0.2, 0.25) is 0 Å².